The standard InChI is InChI=1S/C10H13N3O3S/c14-8-2-5-1-7(9(10(15)16)13(5)8)17-6-3-11-12-4-6/h5-6,11-12H,1-4H2,(H,15,16). The van der Waals surface area contributed by atoms with Crippen molar-refractivity contribution in [1.29, 1.82) is 0 Å². The molecule has 3 heterocycles. The molecule has 0 aliphatic carbocycles. The van der Waals surface area contributed by atoms with Crippen molar-refractivity contribution in [2.45, 2.75) is 24.1 Å². The van der Waals surface area contributed by atoms with Gasteiger partial charge in [-0.1, -0.05) is 0 Å². The summed E-state index contributed by atoms with van der Waals surface area (Å²) in [6, 6.07) is 0.0958. The van der Waals surface area contributed by atoms with Crippen molar-refractivity contribution in [2.24, 2.45) is 0 Å². The molecular weight excluding hydrogens is 242 g/mol. The molecule has 0 aromatic heterocycles. The third-order valence-corrected chi connectivity index (χ3v) is 4.58. The van der Waals surface area contributed by atoms with Crippen LogP contribution in [0.3, 0.4) is 0 Å². The van der Waals surface area contributed by atoms with Gasteiger partial charge in [-0.2, -0.15) is 0 Å². The summed E-state index contributed by atoms with van der Waals surface area (Å²) in [6.07, 6.45) is 1.19. The number of carboxylic acids is 1. The van der Waals surface area contributed by atoms with Crippen LogP contribution in [-0.4, -0.2) is 46.3 Å². The number of thioether (sulfide) groups is 1. The van der Waals surface area contributed by atoms with Gasteiger partial charge in [0.1, 0.15) is 5.70 Å². The first kappa shape index (κ1) is 11.1. The number of β-lactam (4-membered cyclic amide) rings is 1. The molecule has 1 amide bonds. The first-order chi connectivity index (χ1) is 8.16. The van der Waals surface area contributed by atoms with Gasteiger partial charge < -0.3 is 10.0 Å². The Balaban J connectivity index is 1.81. The van der Waals surface area contributed by atoms with Crippen LogP contribution in [0, 0.1) is 0 Å². The third-order valence-electron chi connectivity index (χ3n) is 3.27. The van der Waals surface area contributed by atoms with Crippen LogP contribution in [-0.2, 0) is 9.59 Å². The summed E-state index contributed by atoms with van der Waals surface area (Å²) >= 11 is 1.58. The van der Waals surface area contributed by atoms with E-state index in [1.807, 2.05) is 0 Å². The minimum atomic E-state index is -0.984. The molecule has 3 N–H and O–H groups in total. The number of rotatable bonds is 3. The van der Waals surface area contributed by atoms with Gasteiger partial charge in [-0.15, -0.1) is 11.8 Å². The van der Waals surface area contributed by atoms with Crippen molar-refractivity contribution >= 4 is 23.6 Å². The highest BCUT2D eigenvalue weighted by molar-refractivity contribution is 8.03. The number of nitrogens with zero attached hydrogens (tertiary/aromatic N) is 1. The Morgan fingerprint density at radius 3 is 2.65 bits per heavy atom. The number of nitrogens with one attached hydrogen (secondary N) is 2. The molecule has 0 radical (unpaired) electrons. The van der Waals surface area contributed by atoms with Crippen LogP contribution in [0.25, 0.3) is 0 Å². The van der Waals surface area contributed by atoms with E-state index in [4.69, 9.17) is 0 Å². The molecule has 17 heavy (non-hydrogen) atoms. The predicted octanol–water partition coefficient (Wildman–Crippen LogP) is -0.503. The molecule has 2 fully saturated rings. The highest BCUT2D eigenvalue weighted by Gasteiger charge is 2.47. The zero-order valence-electron chi connectivity index (χ0n) is 9.10. The number of amides is 1. The lowest BCUT2D eigenvalue weighted by molar-refractivity contribution is -0.147. The number of aliphatic carboxylic acids is 1. The van der Waals surface area contributed by atoms with Crippen LogP contribution in [0.15, 0.2) is 10.6 Å². The second-order valence-corrected chi connectivity index (χ2v) is 5.80. The van der Waals surface area contributed by atoms with Gasteiger partial charge in [0, 0.05) is 36.1 Å². The Hall–Kier alpha value is -1.05. The van der Waals surface area contributed by atoms with Gasteiger partial charge in [0.2, 0.25) is 5.91 Å². The molecule has 0 aromatic carbocycles. The van der Waals surface area contributed by atoms with Crippen molar-refractivity contribution in [3.8, 4) is 0 Å². The highest BCUT2D eigenvalue weighted by Crippen LogP contribution is 2.44. The van der Waals surface area contributed by atoms with Crippen molar-refractivity contribution in [3.05, 3.63) is 10.6 Å². The fourth-order valence-corrected chi connectivity index (χ4v) is 3.77. The molecule has 0 spiro atoms. The van der Waals surface area contributed by atoms with Crippen LogP contribution in [0.4, 0.5) is 0 Å². The summed E-state index contributed by atoms with van der Waals surface area (Å²) in [6.45, 7) is 1.64. The number of carboxylic acid groups (broad SMARTS) is 1. The van der Waals surface area contributed by atoms with E-state index in [1.54, 1.807) is 11.8 Å². The molecule has 3 aliphatic rings. The molecule has 3 aliphatic heterocycles. The van der Waals surface area contributed by atoms with E-state index in [1.165, 1.54) is 4.90 Å². The first-order valence-electron chi connectivity index (χ1n) is 5.57. The van der Waals surface area contributed by atoms with Gasteiger partial charge in [-0.3, -0.25) is 15.6 Å². The van der Waals surface area contributed by atoms with Crippen LogP contribution >= 0.6 is 11.8 Å². The van der Waals surface area contributed by atoms with Gasteiger partial charge >= 0.3 is 5.97 Å². The fourth-order valence-electron chi connectivity index (χ4n) is 2.45. The summed E-state index contributed by atoms with van der Waals surface area (Å²) in [7, 11) is 0. The van der Waals surface area contributed by atoms with Gasteiger partial charge in [0.15, 0.2) is 0 Å². The highest BCUT2D eigenvalue weighted by atomic mass is 32.2. The van der Waals surface area contributed by atoms with E-state index in [0.717, 1.165) is 18.0 Å². The molecule has 0 saturated carbocycles. The maximum Gasteiger partial charge on any atom is 0.353 e. The van der Waals surface area contributed by atoms with E-state index in [2.05, 4.69) is 10.9 Å². The average molecular weight is 255 g/mol. The van der Waals surface area contributed by atoms with Crippen molar-refractivity contribution in [1.82, 2.24) is 15.8 Å². The van der Waals surface area contributed by atoms with E-state index < -0.39 is 5.97 Å². The number of hydrogen-bond donors (Lipinski definition) is 3. The Morgan fingerprint density at radius 2 is 2.06 bits per heavy atom. The van der Waals surface area contributed by atoms with E-state index in [-0.39, 0.29) is 17.6 Å². The molecular formula is C10H13N3O3S. The Labute approximate surface area is 102 Å². The Bertz CT molecular complexity index is 417. The van der Waals surface area contributed by atoms with Crippen LogP contribution < -0.4 is 10.9 Å². The van der Waals surface area contributed by atoms with Gasteiger partial charge in [0.25, 0.3) is 0 Å². The minimum Gasteiger partial charge on any atom is -0.477 e. The van der Waals surface area contributed by atoms with Crippen LogP contribution in [0.2, 0.25) is 0 Å². The molecule has 6 nitrogen and oxygen atoms in total. The van der Waals surface area contributed by atoms with Gasteiger partial charge in [-0.05, 0) is 0 Å². The normalized spacial score (nSPS) is 28.6. The second-order valence-electron chi connectivity index (χ2n) is 4.40. The predicted molar refractivity (Wildman–Crippen MR) is 61.9 cm³/mol. The molecule has 1 atom stereocenters. The lowest BCUT2D eigenvalue weighted by atomic mass is 10.0. The van der Waals surface area contributed by atoms with E-state index >= 15 is 0 Å². The number of fused-ring (bicyclic) bond motifs is 1. The number of carbonyl (C=O) groups is 2. The van der Waals surface area contributed by atoms with Crippen molar-refractivity contribution < 1.29 is 14.7 Å². The molecule has 3 rings (SSSR count). The SMILES string of the molecule is O=C(O)C1=C(SC2CNNC2)CC2CC(=O)N12. The molecule has 1 unspecified atom stereocenters. The number of hydrazine groups is 1. The molecule has 2 saturated heterocycles. The summed E-state index contributed by atoms with van der Waals surface area (Å²) in [4.78, 5) is 24.9. The Morgan fingerprint density at radius 1 is 1.35 bits per heavy atom. The fraction of sp³-hybridized carbons (Fsp3) is 0.600. The average Bonchev–Trinajstić information content (AvgIpc) is 2.84. The summed E-state index contributed by atoms with van der Waals surface area (Å²) in [5.74, 6) is -1.05. The van der Waals surface area contributed by atoms with Gasteiger partial charge in [0.05, 0.1) is 6.04 Å². The monoisotopic (exact) mass is 255 g/mol. The zero-order chi connectivity index (χ0) is 12.0. The lowest BCUT2D eigenvalue weighted by Gasteiger charge is -2.34. The maximum atomic E-state index is 11.4. The van der Waals surface area contributed by atoms with Crippen LogP contribution in [0.1, 0.15) is 12.8 Å². The maximum absolute atomic E-state index is 11.4. The topological polar surface area (TPSA) is 81.7 Å². The largest absolute Gasteiger partial charge is 0.477 e. The summed E-state index contributed by atoms with van der Waals surface area (Å²) < 4.78 is 0. The summed E-state index contributed by atoms with van der Waals surface area (Å²) in [5, 5.41) is 9.54. The van der Waals surface area contributed by atoms with Gasteiger partial charge in [-0.25, -0.2) is 4.79 Å². The first-order valence-corrected chi connectivity index (χ1v) is 6.45. The zero-order valence-corrected chi connectivity index (χ0v) is 9.92. The Kier molecular flexibility index (Phi) is 2.61. The number of carbonyl (C=O) groups excluding carboxylic acids is 1. The van der Waals surface area contributed by atoms with Crippen LogP contribution in [0.5, 0.6) is 0 Å². The molecule has 0 bridgehead atoms. The summed E-state index contributed by atoms with van der Waals surface area (Å²) in [5.41, 5.74) is 6.24. The number of hydrogen-bond acceptors (Lipinski definition) is 5. The molecule has 92 valence electrons. The minimum absolute atomic E-state index is 0.0642. The van der Waals surface area contributed by atoms with E-state index in [9.17, 15) is 14.7 Å². The smallest absolute Gasteiger partial charge is 0.353 e. The lowest BCUT2D eigenvalue weighted by Crippen LogP contribution is -2.49. The second kappa shape index (κ2) is 4.01. The van der Waals surface area contributed by atoms with Crippen molar-refractivity contribution in [3.63, 3.8) is 0 Å². The van der Waals surface area contributed by atoms with E-state index in [0.29, 0.717) is 18.1 Å². The molecule has 0 aromatic rings. The molecule has 7 heteroatoms. The van der Waals surface area contributed by atoms with Crippen molar-refractivity contribution in [2.75, 3.05) is 13.1 Å². The third kappa shape index (κ3) is 1.74. The quantitative estimate of drug-likeness (QED) is 0.590.